The number of benzene rings is 1. The van der Waals surface area contributed by atoms with Crippen molar-refractivity contribution in [1.29, 1.82) is 0 Å². The molecule has 2 heterocycles. The Balaban J connectivity index is 1.76. The number of rotatable bonds is 3. The molecule has 0 saturated carbocycles. The normalized spacial score (nSPS) is 16.4. The number of alkyl halides is 3. The lowest BCUT2D eigenvalue weighted by Crippen LogP contribution is -2.26. The van der Waals surface area contributed by atoms with Crippen LogP contribution in [0.1, 0.15) is 12.0 Å². The van der Waals surface area contributed by atoms with Crippen LogP contribution in [0.3, 0.4) is 0 Å². The van der Waals surface area contributed by atoms with Crippen molar-refractivity contribution in [3.63, 3.8) is 0 Å². The highest BCUT2D eigenvalue weighted by Gasteiger charge is 2.34. The van der Waals surface area contributed by atoms with Crippen LogP contribution >= 0.6 is 23.2 Å². The van der Waals surface area contributed by atoms with E-state index in [0.717, 1.165) is 11.8 Å². The van der Waals surface area contributed by atoms with Gasteiger partial charge in [-0.15, -0.1) is 0 Å². The summed E-state index contributed by atoms with van der Waals surface area (Å²) >= 11 is 11.7. The average Bonchev–Trinajstić information content (AvgIpc) is 2.94. The van der Waals surface area contributed by atoms with Crippen LogP contribution in [0.2, 0.25) is 10.0 Å². The molecule has 1 aliphatic rings. The summed E-state index contributed by atoms with van der Waals surface area (Å²) in [5.41, 5.74) is 0.259. The van der Waals surface area contributed by atoms with E-state index in [1.165, 1.54) is 4.90 Å². The third kappa shape index (κ3) is 3.94. The van der Waals surface area contributed by atoms with E-state index in [0.29, 0.717) is 23.2 Å². The Labute approximate surface area is 157 Å². The van der Waals surface area contributed by atoms with Gasteiger partial charge in [0.05, 0.1) is 10.6 Å². The summed E-state index contributed by atoms with van der Waals surface area (Å²) in [7, 11) is 0. The molecular weight excluding hydrogens is 390 g/mol. The number of aromatic nitrogens is 1. The predicted octanol–water partition coefficient (Wildman–Crippen LogP) is 5.14. The molecule has 26 heavy (non-hydrogen) atoms. The van der Waals surface area contributed by atoms with Crippen molar-refractivity contribution in [3.8, 4) is 0 Å². The molecule has 1 saturated heterocycles. The third-order valence-corrected chi connectivity index (χ3v) is 4.32. The van der Waals surface area contributed by atoms with E-state index in [4.69, 9.17) is 23.2 Å². The lowest BCUT2D eigenvalue weighted by molar-refractivity contribution is -0.137. The van der Waals surface area contributed by atoms with Crippen molar-refractivity contribution in [2.75, 3.05) is 16.8 Å². The molecule has 9 heteroatoms. The second-order valence-electron chi connectivity index (χ2n) is 5.55. The first-order valence-electron chi connectivity index (χ1n) is 7.51. The molecule has 136 valence electrons. The SMILES string of the molecule is O=C1/C(=C/Nc2ccc(Cl)cc2)CCN1c1ncc(C(F)(F)F)cc1Cl. The van der Waals surface area contributed by atoms with Crippen molar-refractivity contribution in [1.82, 2.24) is 4.98 Å². The molecule has 0 bridgehead atoms. The fraction of sp³-hybridized carbons (Fsp3) is 0.176. The number of carbonyl (C=O) groups is 1. The van der Waals surface area contributed by atoms with Gasteiger partial charge < -0.3 is 5.32 Å². The van der Waals surface area contributed by atoms with Crippen molar-refractivity contribution in [2.24, 2.45) is 0 Å². The summed E-state index contributed by atoms with van der Waals surface area (Å²) in [6.45, 7) is 0.283. The molecule has 3 rings (SSSR count). The largest absolute Gasteiger partial charge is 0.417 e. The van der Waals surface area contributed by atoms with E-state index in [1.54, 1.807) is 30.5 Å². The highest BCUT2D eigenvalue weighted by Crippen LogP contribution is 2.35. The quantitative estimate of drug-likeness (QED) is 0.724. The first-order chi connectivity index (χ1) is 12.3. The molecule has 0 atom stereocenters. The minimum absolute atomic E-state index is 0.0135. The van der Waals surface area contributed by atoms with Gasteiger partial charge in [-0.1, -0.05) is 23.2 Å². The first-order valence-corrected chi connectivity index (χ1v) is 8.27. The van der Waals surface area contributed by atoms with Gasteiger partial charge in [-0.3, -0.25) is 9.69 Å². The number of carbonyl (C=O) groups excluding carboxylic acids is 1. The van der Waals surface area contributed by atoms with E-state index >= 15 is 0 Å². The summed E-state index contributed by atoms with van der Waals surface area (Å²) in [4.78, 5) is 17.5. The molecule has 1 aromatic carbocycles. The van der Waals surface area contributed by atoms with Gasteiger partial charge in [-0.05, 0) is 36.8 Å². The van der Waals surface area contributed by atoms with Crippen LogP contribution in [0, 0.1) is 0 Å². The van der Waals surface area contributed by atoms with Gasteiger partial charge in [0.1, 0.15) is 0 Å². The van der Waals surface area contributed by atoms with E-state index in [1.807, 2.05) is 0 Å². The summed E-state index contributed by atoms with van der Waals surface area (Å²) < 4.78 is 38.1. The van der Waals surface area contributed by atoms with Crippen LogP contribution in [0.15, 0.2) is 48.3 Å². The lowest BCUT2D eigenvalue weighted by atomic mass is 10.2. The van der Waals surface area contributed by atoms with Gasteiger partial charge in [0.15, 0.2) is 5.82 Å². The van der Waals surface area contributed by atoms with Crippen LogP contribution < -0.4 is 10.2 Å². The highest BCUT2D eigenvalue weighted by molar-refractivity contribution is 6.33. The predicted molar refractivity (Wildman–Crippen MR) is 94.4 cm³/mol. The molecule has 0 spiro atoms. The fourth-order valence-electron chi connectivity index (χ4n) is 2.45. The van der Waals surface area contributed by atoms with E-state index in [2.05, 4.69) is 10.3 Å². The zero-order valence-electron chi connectivity index (χ0n) is 13.1. The van der Waals surface area contributed by atoms with Gasteiger partial charge in [0, 0.05) is 35.2 Å². The van der Waals surface area contributed by atoms with Crippen molar-refractivity contribution >= 4 is 40.6 Å². The molecule has 0 radical (unpaired) electrons. The molecule has 2 aromatic rings. The van der Waals surface area contributed by atoms with Crippen LogP contribution in [-0.4, -0.2) is 17.4 Å². The number of hydrogen-bond acceptors (Lipinski definition) is 3. The Kier molecular flexibility index (Phi) is 5.11. The Morgan fingerprint density at radius 3 is 2.50 bits per heavy atom. The maximum absolute atomic E-state index is 12.7. The van der Waals surface area contributed by atoms with Crippen molar-refractivity contribution < 1.29 is 18.0 Å². The molecule has 0 aliphatic carbocycles. The molecule has 1 amide bonds. The topological polar surface area (TPSA) is 45.2 Å². The zero-order chi connectivity index (χ0) is 18.9. The van der Waals surface area contributed by atoms with E-state index in [9.17, 15) is 18.0 Å². The Morgan fingerprint density at radius 1 is 1.19 bits per heavy atom. The third-order valence-electron chi connectivity index (χ3n) is 3.79. The summed E-state index contributed by atoms with van der Waals surface area (Å²) in [6.07, 6.45) is -1.90. The van der Waals surface area contributed by atoms with Crippen LogP contribution in [0.25, 0.3) is 0 Å². The Morgan fingerprint density at radius 2 is 1.88 bits per heavy atom. The smallest absolute Gasteiger partial charge is 0.361 e. The van der Waals surface area contributed by atoms with Crippen molar-refractivity contribution in [3.05, 3.63) is 63.9 Å². The van der Waals surface area contributed by atoms with Crippen LogP contribution in [-0.2, 0) is 11.0 Å². The fourth-order valence-corrected chi connectivity index (χ4v) is 2.85. The Hall–Kier alpha value is -2.25. The second-order valence-corrected chi connectivity index (χ2v) is 6.40. The molecule has 1 aliphatic heterocycles. The monoisotopic (exact) mass is 401 g/mol. The first kappa shape index (κ1) is 18.5. The van der Waals surface area contributed by atoms with E-state index < -0.39 is 11.7 Å². The minimum Gasteiger partial charge on any atom is -0.361 e. The van der Waals surface area contributed by atoms with Crippen LogP contribution in [0.4, 0.5) is 24.7 Å². The molecule has 1 fully saturated rings. The number of nitrogens with one attached hydrogen (secondary N) is 1. The number of pyridine rings is 1. The standard InChI is InChI=1S/C17H12Cl2F3N3O/c18-12-1-3-13(4-2-12)23-8-10-5-6-25(16(10)26)15-14(19)7-11(9-24-15)17(20,21)22/h1-4,7-9,23H,5-6H2/b10-8+. The molecular formula is C17H12Cl2F3N3O. The summed E-state index contributed by atoms with van der Waals surface area (Å²) in [6, 6.07) is 7.69. The maximum atomic E-state index is 12.7. The molecule has 1 aromatic heterocycles. The highest BCUT2D eigenvalue weighted by atomic mass is 35.5. The number of anilines is 2. The van der Waals surface area contributed by atoms with Gasteiger partial charge in [0.2, 0.25) is 0 Å². The maximum Gasteiger partial charge on any atom is 0.417 e. The summed E-state index contributed by atoms with van der Waals surface area (Å²) in [5, 5.41) is 3.36. The number of hydrogen-bond donors (Lipinski definition) is 1. The molecule has 1 N–H and O–H groups in total. The van der Waals surface area contributed by atoms with Gasteiger partial charge in [-0.25, -0.2) is 4.98 Å². The van der Waals surface area contributed by atoms with Gasteiger partial charge >= 0.3 is 6.18 Å². The van der Waals surface area contributed by atoms with Gasteiger partial charge in [0.25, 0.3) is 5.91 Å². The minimum atomic E-state index is -4.54. The molecule has 0 unspecified atom stereocenters. The molecule has 4 nitrogen and oxygen atoms in total. The zero-order valence-corrected chi connectivity index (χ0v) is 14.7. The lowest BCUT2D eigenvalue weighted by Gasteiger charge is -2.17. The van der Waals surface area contributed by atoms with Crippen molar-refractivity contribution in [2.45, 2.75) is 12.6 Å². The second kappa shape index (κ2) is 7.17. The van der Waals surface area contributed by atoms with Gasteiger partial charge in [-0.2, -0.15) is 13.2 Å². The number of halogens is 5. The summed E-state index contributed by atoms with van der Waals surface area (Å²) in [5.74, 6) is -0.347. The Bertz CT molecular complexity index is 867. The van der Waals surface area contributed by atoms with E-state index in [-0.39, 0.29) is 23.3 Å². The van der Waals surface area contributed by atoms with Crippen LogP contribution in [0.5, 0.6) is 0 Å². The number of amides is 1. The number of nitrogens with zero attached hydrogens (tertiary/aromatic N) is 2. The average molecular weight is 402 g/mol.